The Morgan fingerprint density at radius 3 is 2.67 bits per heavy atom. The van der Waals surface area contributed by atoms with Crippen molar-refractivity contribution in [1.82, 2.24) is 4.98 Å². The molecule has 144 valence electrons. The Morgan fingerprint density at radius 1 is 1.04 bits per heavy atom. The lowest BCUT2D eigenvalue weighted by molar-refractivity contribution is -0.113. The van der Waals surface area contributed by atoms with Gasteiger partial charge in [0.1, 0.15) is 0 Å². The van der Waals surface area contributed by atoms with E-state index >= 15 is 0 Å². The molecule has 2 nitrogen and oxygen atoms in total. The minimum atomic E-state index is -0.443. The molecule has 4 aliphatic rings. The van der Waals surface area contributed by atoms with E-state index in [4.69, 9.17) is 0 Å². The van der Waals surface area contributed by atoms with E-state index in [0.717, 1.165) is 24.7 Å². The Balaban J connectivity index is 1.45. The van der Waals surface area contributed by atoms with Gasteiger partial charge in [-0.3, -0.25) is 4.98 Å². The molecule has 1 aromatic rings. The fourth-order valence-electron chi connectivity index (χ4n) is 7.36. The summed E-state index contributed by atoms with van der Waals surface area (Å²) in [5.74, 6) is 2.20. The Hall–Kier alpha value is -1.41. The second-order valence-electron chi connectivity index (χ2n) is 10.5. The molecular weight excluding hydrogens is 330 g/mol. The Morgan fingerprint density at radius 2 is 1.89 bits per heavy atom. The largest absolute Gasteiger partial charge is 0.390 e. The Bertz CT molecular complexity index is 807. The number of nitrogens with zero attached hydrogens (tertiary/aromatic N) is 1. The SMILES string of the molecule is C[C@]1(O)CC[C@@]2(C)C(CC[C@H]3C4=CC=C(c5cccnc5)[C@@]4(C)CCC32)C1. The minimum Gasteiger partial charge on any atom is -0.390 e. The van der Waals surface area contributed by atoms with Gasteiger partial charge >= 0.3 is 0 Å². The van der Waals surface area contributed by atoms with Gasteiger partial charge in [-0.15, -0.1) is 0 Å². The number of allylic oxidation sites excluding steroid dienone is 4. The van der Waals surface area contributed by atoms with Crippen molar-refractivity contribution in [3.05, 3.63) is 47.8 Å². The summed E-state index contributed by atoms with van der Waals surface area (Å²) < 4.78 is 0. The molecule has 1 aromatic heterocycles. The van der Waals surface area contributed by atoms with E-state index in [9.17, 15) is 5.11 Å². The zero-order valence-corrected chi connectivity index (χ0v) is 17.0. The highest BCUT2D eigenvalue weighted by Gasteiger charge is 2.57. The van der Waals surface area contributed by atoms with Crippen LogP contribution in [0.15, 0.2) is 42.3 Å². The Labute approximate surface area is 163 Å². The zero-order valence-electron chi connectivity index (χ0n) is 17.0. The number of hydrogen-bond donors (Lipinski definition) is 1. The van der Waals surface area contributed by atoms with E-state index in [1.807, 2.05) is 12.4 Å². The average molecular weight is 364 g/mol. The van der Waals surface area contributed by atoms with Crippen LogP contribution in [0.5, 0.6) is 0 Å². The number of aliphatic hydroxyl groups is 1. The summed E-state index contributed by atoms with van der Waals surface area (Å²) in [5.41, 5.74) is 4.61. The topological polar surface area (TPSA) is 33.1 Å². The molecule has 0 radical (unpaired) electrons. The molecule has 4 aliphatic carbocycles. The van der Waals surface area contributed by atoms with Gasteiger partial charge in [0, 0.05) is 17.8 Å². The number of aromatic nitrogens is 1. The fraction of sp³-hybridized carbons (Fsp3) is 0.640. The van der Waals surface area contributed by atoms with Crippen molar-refractivity contribution in [2.45, 2.75) is 71.3 Å². The van der Waals surface area contributed by atoms with Gasteiger partial charge in [0.15, 0.2) is 0 Å². The molecule has 2 unspecified atom stereocenters. The van der Waals surface area contributed by atoms with Crippen molar-refractivity contribution in [3.8, 4) is 0 Å². The predicted molar refractivity (Wildman–Crippen MR) is 110 cm³/mol. The molecule has 2 heteroatoms. The van der Waals surface area contributed by atoms with Crippen LogP contribution in [0.1, 0.15) is 71.3 Å². The zero-order chi connectivity index (χ0) is 18.9. The normalized spacial score (nSPS) is 46.0. The van der Waals surface area contributed by atoms with Crippen LogP contribution < -0.4 is 0 Å². The third-order valence-corrected chi connectivity index (χ3v) is 8.97. The summed E-state index contributed by atoms with van der Waals surface area (Å²) >= 11 is 0. The molecule has 0 spiro atoms. The van der Waals surface area contributed by atoms with Crippen LogP contribution in [-0.2, 0) is 0 Å². The first kappa shape index (κ1) is 17.7. The number of rotatable bonds is 1. The van der Waals surface area contributed by atoms with Gasteiger partial charge < -0.3 is 5.11 Å². The van der Waals surface area contributed by atoms with Crippen molar-refractivity contribution in [3.63, 3.8) is 0 Å². The van der Waals surface area contributed by atoms with Gasteiger partial charge in [0.2, 0.25) is 0 Å². The molecular formula is C25H33NO. The first-order valence-corrected chi connectivity index (χ1v) is 10.9. The molecule has 0 aromatic carbocycles. The lowest BCUT2D eigenvalue weighted by atomic mass is 9.45. The summed E-state index contributed by atoms with van der Waals surface area (Å²) in [5, 5.41) is 10.7. The van der Waals surface area contributed by atoms with Crippen LogP contribution in [0.3, 0.4) is 0 Å². The van der Waals surface area contributed by atoms with Crippen LogP contribution >= 0.6 is 0 Å². The van der Waals surface area contributed by atoms with E-state index in [-0.39, 0.29) is 5.41 Å². The molecule has 0 aliphatic heterocycles. The summed E-state index contributed by atoms with van der Waals surface area (Å²) in [6, 6.07) is 4.28. The van der Waals surface area contributed by atoms with Crippen molar-refractivity contribution >= 4 is 5.57 Å². The molecule has 27 heavy (non-hydrogen) atoms. The maximum absolute atomic E-state index is 10.7. The van der Waals surface area contributed by atoms with E-state index in [1.165, 1.54) is 43.2 Å². The lowest BCUT2D eigenvalue weighted by Gasteiger charge is -2.60. The molecule has 0 bridgehead atoms. The second kappa shape index (κ2) is 5.80. The van der Waals surface area contributed by atoms with Gasteiger partial charge in [0.25, 0.3) is 0 Å². The molecule has 0 saturated heterocycles. The van der Waals surface area contributed by atoms with Gasteiger partial charge in [-0.2, -0.15) is 0 Å². The van der Waals surface area contributed by atoms with E-state index in [2.05, 4.69) is 50.0 Å². The monoisotopic (exact) mass is 363 g/mol. The van der Waals surface area contributed by atoms with Crippen LogP contribution in [0.2, 0.25) is 0 Å². The number of hydrogen-bond acceptors (Lipinski definition) is 2. The minimum absolute atomic E-state index is 0.188. The summed E-state index contributed by atoms with van der Waals surface area (Å²) in [4.78, 5) is 4.37. The van der Waals surface area contributed by atoms with Gasteiger partial charge in [-0.05, 0) is 92.2 Å². The molecule has 3 fully saturated rings. The number of fused-ring (bicyclic) bond motifs is 5. The van der Waals surface area contributed by atoms with Gasteiger partial charge in [0.05, 0.1) is 5.60 Å². The highest BCUT2D eigenvalue weighted by molar-refractivity contribution is 5.78. The predicted octanol–water partition coefficient (Wildman–Crippen LogP) is 5.79. The highest BCUT2D eigenvalue weighted by Crippen LogP contribution is 2.66. The molecule has 3 saturated carbocycles. The fourth-order valence-corrected chi connectivity index (χ4v) is 7.36. The van der Waals surface area contributed by atoms with E-state index in [0.29, 0.717) is 11.3 Å². The summed E-state index contributed by atoms with van der Waals surface area (Å²) in [6.07, 6.45) is 17.1. The van der Waals surface area contributed by atoms with Crippen molar-refractivity contribution in [1.29, 1.82) is 0 Å². The standard InChI is InChI=1S/C25H33NO/c1-23(27)12-13-24(2)18(15-23)6-7-19-21-9-8-20(17-5-4-14-26-16-17)25(21,3)11-10-22(19)24/h4-5,8-9,14,16,18-19,22,27H,6-7,10-13,15H2,1-3H3/t18?,19-,22?,23-,24-,25+/m0/s1. The first-order valence-electron chi connectivity index (χ1n) is 10.9. The third-order valence-electron chi connectivity index (χ3n) is 8.97. The van der Waals surface area contributed by atoms with E-state index < -0.39 is 5.60 Å². The first-order chi connectivity index (χ1) is 12.8. The maximum Gasteiger partial charge on any atom is 0.0622 e. The van der Waals surface area contributed by atoms with Crippen molar-refractivity contribution in [2.24, 2.45) is 28.6 Å². The molecule has 0 amide bonds. The molecule has 1 N–H and O–H groups in total. The average Bonchev–Trinajstić information content (AvgIpc) is 3.00. The van der Waals surface area contributed by atoms with Crippen molar-refractivity contribution in [2.75, 3.05) is 0 Å². The molecule has 6 atom stereocenters. The van der Waals surface area contributed by atoms with Gasteiger partial charge in [-0.25, -0.2) is 0 Å². The van der Waals surface area contributed by atoms with Crippen LogP contribution in [0.4, 0.5) is 0 Å². The van der Waals surface area contributed by atoms with Crippen LogP contribution in [0.25, 0.3) is 5.57 Å². The molecule has 5 rings (SSSR count). The van der Waals surface area contributed by atoms with Gasteiger partial charge in [-0.1, -0.05) is 37.6 Å². The van der Waals surface area contributed by atoms with Crippen LogP contribution in [0, 0.1) is 28.6 Å². The smallest absolute Gasteiger partial charge is 0.0622 e. The maximum atomic E-state index is 10.7. The highest BCUT2D eigenvalue weighted by atomic mass is 16.3. The van der Waals surface area contributed by atoms with E-state index in [1.54, 1.807) is 5.57 Å². The second-order valence-corrected chi connectivity index (χ2v) is 10.5. The summed E-state index contributed by atoms with van der Waals surface area (Å²) in [7, 11) is 0. The third kappa shape index (κ3) is 2.52. The van der Waals surface area contributed by atoms with Crippen molar-refractivity contribution < 1.29 is 5.11 Å². The lowest BCUT2D eigenvalue weighted by Crippen LogP contribution is -2.53. The molecule has 1 heterocycles. The Kier molecular flexibility index (Phi) is 3.79. The quantitative estimate of drug-likeness (QED) is 0.685. The summed E-state index contributed by atoms with van der Waals surface area (Å²) in [6.45, 7) is 7.08. The number of pyridine rings is 1. The van der Waals surface area contributed by atoms with Crippen LogP contribution in [-0.4, -0.2) is 15.7 Å².